The van der Waals surface area contributed by atoms with Crippen LogP contribution >= 0.6 is 15.9 Å². The molecule has 0 unspecified atom stereocenters. The highest BCUT2D eigenvalue weighted by Crippen LogP contribution is 2.33. The first-order valence-corrected chi connectivity index (χ1v) is 9.06. The monoisotopic (exact) mass is 428 g/mol. The number of anilines is 2. The highest BCUT2D eigenvalue weighted by Gasteiger charge is 2.18. The molecule has 3 aromatic rings. The molecule has 0 aliphatic heterocycles. The van der Waals surface area contributed by atoms with Crippen molar-refractivity contribution in [2.24, 2.45) is 0 Å². The molecule has 3 rings (SSSR count). The smallest absolute Gasteiger partial charge is 0.341 e. The van der Waals surface area contributed by atoms with E-state index in [0.29, 0.717) is 16.9 Å². The molecular formula is C20H17BrN2O4. The van der Waals surface area contributed by atoms with E-state index in [2.05, 4.69) is 26.2 Å². The summed E-state index contributed by atoms with van der Waals surface area (Å²) in [5.74, 6) is -1.52. The number of aromatic carboxylic acids is 1. The molecule has 0 fully saturated rings. The lowest BCUT2D eigenvalue weighted by atomic mass is 10.1. The molecule has 0 saturated carbocycles. The minimum Gasteiger partial charge on any atom is -0.478 e. The Morgan fingerprint density at radius 2 is 2.00 bits per heavy atom. The van der Waals surface area contributed by atoms with Gasteiger partial charge >= 0.3 is 11.9 Å². The molecule has 138 valence electrons. The van der Waals surface area contributed by atoms with Crippen molar-refractivity contribution >= 4 is 50.1 Å². The van der Waals surface area contributed by atoms with Crippen LogP contribution in [0.5, 0.6) is 0 Å². The minimum atomic E-state index is -1.02. The van der Waals surface area contributed by atoms with Crippen molar-refractivity contribution < 1.29 is 19.4 Å². The lowest BCUT2D eigenvalue weighted by molar-refractivity contribution is 0.0526. The third kappa shape index (κ3) is 3.93. The number of halogens is 1. The van der Waals surface area contributed by atoms with Gasteiger partial charge in [-0.05, 0) is 49.7 Å². The summed E-state index contributed by atoms with van der Waals surface area (Å²) in [6, 6.07) is 10.3. The maximum atomic E-state index is 12.4. The van der Waals surface area contributed by atoms with Crippen LogP contribution < -0.4 is 5.32 Å². The first-order chi connectivity index (χ1) is 12.9. The number of nitrogens with zero attached hydrogens (tertiary/aromatic N) is 1. The normalized spacial score (nSPS) is 10.6. The van der Waals surface area contributed by atoms with Crippen LogP contribution in [-0.4, -0.2) is 28.6 Å². The van der Waals surface area contributed by atoms with E-state index in [1.807, 2.05) is 25.1 Å². The Morgan fingerprint density at radius 1 is 1.22 bits per heavy atom. The van der Waals surface area contributed by atoms with E-state index in [-0.39, 0.29) is 17.7 Å². The van der Waals surface area contributed by atoms with Crippen LogP contribution in [0.15, 0.2) is 47.1 Å². The molecule has 0 saturated heterocycles. The Morgan fingerprint density at radius 3 is 2.70 bits per heavy atom. The Bertz CT molecular complexity index is 1050. The zero-order valence-corrected chi connectivity index (χ0v) is 16.3. The van der Waals surface area contributed by atoms with Crippen molar-refractivity contribution in [3.05, 3.63) is 63.8 Å². The van der Waals surface area contributed by atoms with E-state index >= 15 is 0 Å². The fourth-order valence-corrected chi connectivity index (χ4v) is 3.05. The zero-order valence-electron chi connectivity index (χ0n) is 14.7. The highest BCUT2D eigenvalue weighted by atomic mass is 79.9. The topological polar surface area (TPSA) is 88.5 Å². The van der Waals surface area contributed by atoms with Crippen molar-refractivity contribution in [2.75, 3.05) is 11.9 Å². The summed E-state index contributed by atoms with van der Waals surface area (Å²) in [5, 5.41) is 13.2. The Hall–Kier alpha value is -2.93. The van der Waals surface area contributed by atoms with Gasteiger partial charge in [0.05, 0.1) is 23.4 Å². The van der Waals surface area contributed by atoms with Gasteiger partial charge in [-0.3, -0.25) is 4.98 Å². The van der Waals surface area contributed by atoms with E-state index in [1.54, 1.807) is 13.0 Å². The lowest BCUT2D eigenvalue weighted by Crippen LogP contribution is -2.10. The predicted molar refractivity (Wildman–Crippen MR) is 107 cm³/mol. The number of benzene rings is 2. The maximum Gasteiger partial charge on any atom is 0.341 e. The van der Waals surface area contributed by atoms with Gasteiger partial charge in [0.1, 0.15) is 5.56 Å². The van der Waals surface area contributed by atoms with Crippen LogP contribution in [-0.2, 0) is 4.74 Å². The highest BCUT2D eigenvalue weighted by molar-refractivity contribution is 9.10. The van der Waals surface area contributed by atoms with Gasteiger partial charge in [-0.25, -0.2) is 9.59 Å². The van der Waals surface area contributed by atoms with Crippen molar-refractivity contribution in [3.63, 3.8) is 0 Å². The van der Waals surface area contributed by atoms with Gasteiger partial charge in [0.2, 0.25) is 0 Å². The van der Waals surface area contributed by atoms with E-state index in [0.717, 1.165) is 15.4 Å². The number of pyridine rings is 1. The predicted octanol–water partition coefficient (Wildman–Crippen LogP) is 4.92. The average Bonchev–Trinajstić information content (AvgIpc) is 2.63. The molecule has 0 spiro atoms. The summed E-state index contributed by atoms with van der Waals surface area (Å²) < 4.78 is 5.98. The number of rotatable bonds is 5. The summed E-state index contributed by atoms with van der Waals surface area (Å²) >= 11 is 3.44. The fraction of sp³-hybridized carbons (Fsp3) is 0.150. The quantitative estimate of drug-likeness (QED) is 0.560. The molecule has 2 N–H and O–H groups in total. The van der Waals surface area contributed by atoms with E-state index in [9.17, 15) is 14.7 Å². The number of hydrogen-bond donors (Lipinski definition) is 2. The van der Waals surface area contributed by atoms with Crippen LogP contribution in [0.4, 0.5) is 11.4 Å². The number of ether oxygens (including phenoxy) is 1. The van der Waals surface area contributed by atoms with Crippen LogP contribution in [0.1, 0.15) is 33.2 Å². The number of carbonyl (C=O) groups is 2. The fourth-order valence-electron chi connectivity index (χ4n) is 2.69. The van der Waals surface area contributed by atoms with Crippen LogP contribution in [0.2, 0.25) is 0 Å². The average molecular weight is 429 g/mol. The molecule has 2 aromatic carbocycles. The Labute approximate surface area is 164 Å². The van der Waals surface area contributed by atoms with Gasteiger partial charge in [0.25, 0.3) is 0 Å². The number of esters is 1. The molecule has 0 aliphatic carbocycles. The number of aryl methyl sites for hydroxylation is 1. The van der Waals surface area contributed by atoms with Gasteiger partial charge in [0, 0.05) is 21.7 Å². The molecule has 0 bridgehead atoms. The summed E-state index contributed by atoms with van der Waals surface area (Å²) in [4.78, 5) is 28.1. The van der Waals surface area contributed by atoms with Crippen LogP contribution in [0.3, 0.4) is 0 Å². The summed E-state index contributed by atoms with van der Waals surface area (Å²) in [6.07, 6.45) is 1.47. The summed E-state index contributed by atoms with van der Waals surface area (Å²) in [5.41, 5.74) is 3.08. The molecule has 0 amide bonds. The first-order valence-electron chi connectivity index (χ1n) is 8.27. The molecule has 7 heteroatoms. The number of aromatic nitrogens is 1. The molecule has 0 atom stereocenters. The van der Waals surface area contributed by atoms with Crippen molar-refractivity contribution in [1.82, 2.24) is 4.98 Å². The Balaban J connectivity index is 2.20. The maximum absolute atomic E-state index is 12.4. The largest absolute Gasteiger partial charge is 0.478 e. The van der Waals surface area contributed by atoms with Gasteiger partial charge in [0.15, 0.2) is 0 Å². The van der Waals surface area contributed by atoms with Crippen LogP contribution in [0, 0.1) is 6.92 Å². The second-order valence-corrected chi connectivity index (χ2v) is 6.80. The lowest BCUT2D eigenvalue weighted by Gasteiger charge is -2.16. The molecule has 27 heavy (non-hydrogen) atoms. The molecule has 1 heterocycles. The van der Waals surface area contributed by atoms with E-state index < -0.39 is 11.9 Å². The number of carboxylic acid groups (broad SMARTS) is 1. The molecule has 0 aliphatic rings. The minimum absolute atomic E-state index is 0.153. The Kier molecular flexibility index (Phi) is 5.41. The summed E-state index contributed by atoms with van der Waals surface area (Å²) in [7, 11) is 0. The standard InChI is InChI=1S/C20H17BrN2O4/c1-3-27-20(26)15-10-22-16-7-6-13(21)9-14(16)18(15)23-17-8-12(19(24)25)5-4-11(17)2/h4-10H,3H2,1-2H3,(H,22,23)(H,24,25). The SMILES string of the molecule is CCOC(=O)c1cnc2ccc(Br)cc2c1Nc1cc(C(=O)O)ccc1C. The second kappa shape index (κ2) is 7.75. The van der Waals surface area contributed by atoms with Crippen LogP contribution in [0.25, 0.3) is 10.9 Å². The van der Waals surface area contributed by atoms with Gasteiger partial charge < -0.3 is 15.2 Å². The zero-order chi connectivity index (χ0) is 19.6. The number of carbonyl (C=O) groups excluding carboxylic acids is 1. The second-order valence-electron chi connectivity index (χ2n) is 5.89. The van der Waals surface area contributed by atoms with Crippen molar-refractivity contribution in [1.29, 1.82) is 0 Å². The summed E-state index contributed by atoms with van der Waals surface area (Å²) in [6.45, 7) is 3.83. The third-order valence-electron chi connectivity index (χ3n) is 4.07. The van der Waals surface area contributed by atoms with Crippen molar-refractivity contribution in [2.45, 2.75) is 13.8 Å². The van der Waals surface area contributed by atoms with Crippen molar-refractivity contribution in [3.8, 4) is 0 Å². The molecular weight excluding hydrogens is 412 g/mol. The molecule has 1 aromatic heterocycles. The van der Waals surface area contributed by atoms with Gasteiger partial charge in [-0.15, -0.1) is 0 Å². The molecule has 0 radical (unpaired) electrons. The number of carboxylic acids is 1. The van der Waals surface area contributed by atoms with Gasteiger partial charge in [-0.2, -0.15) is 0 Å². The van der Waals surface area contributed by atoms with E-state index in [1.165, 1.54) is 18.3 Å². The van der Waals surface area contributed by atoms with E-state index in [4.69, 9.17) is 4.74 Å². The first kappa shape index (κ1) is 18.8. The number of nitrogens with one attached hydrogen (secondary N) is 1. The van der Waals surface area contributed by atoms with Gasteiger partial charge in [-0.1, -0.05) is 22.0 Å². The number of fused-ring (bicyclic) bond motifs is 1. The molecule has 6 nitrogen and oxygen atoms in total. The number of hydrogen-bond acceptors (Lipinski definition) is 5. The third-order valence-corrected chi connectivity index (χ3v) is 4.56.